The van der Waals surface area contributed by atoms with Crippen LogP contribution in [0.15, 0.2) is 114 Å². The van der Waals surface area contributed by atoms with Crippen LogP contribution in [-0.4, -0.2) is 15.9 Å². The number of pyridine rings is 1. The van der Waals surface area contributed by atoms with E-state index in [2.05, 4.69) is 10.4 Å². The number of hydrogen-bond donors (Lipinski definition) is 2. The first-order valence-corrected chi connectivity index (χ1v) is 12.8. The zero-order valence-corrected chi connectivity index (χ0v) is 21.5. The van der Waals surface area contributed by atoms with Gasteiger partial charge in [0.25, 0.3) is 11.5 Å². The zero-order chi connectivity index (χ0) is 26.2. The predicted molar refractivity (Wildman–Crippen MR) is 153 cm³/mol. The number of hydrogen-bond acceptors (Lipinski definition) is 3. The van der Waals surface area contributed by atoms with Crippen LogP contribution in [0.2, 0.25) is 10.0 Å². The van der Waals surface area contributed by atoms with E-state index in [1.54, 1.807) is 30.3 Å². The molecule has 1 aliphatic heterocycles. The van der Waals surface area contributed by atoms with E-state index in [0.717, 1.165) is 22.1 Å². The Morgan fingerprint density at radius 2 is 1.47 bits per heavy atom. The van der Waals surface area contributed by atoms with Crippen molar-refractivity contribution in [3.63, 3.8) is 0 Å². The summed E-state index contributed by atoms with van der Waals surface area (Å²) in [5.74, 6) is -0.247. The van der Waals surface area contributed by atoms with Gasteiger partial charge in [-0.3, -0.25) is 15.0 Å². The summed E-state index contributed by atoms with van der Waals surface area (Å²) in [6.45, 7) is 0. The molecule has 0 unspecified atom stereocenters. The lowest BCUT2D eigenvalue weighted by Gasteiger charge is -2.26. The molecule has 1 aromatic heterocycles. The zero-order valence-electron chi connectivity index (χ0n) is 20.0. The van der Waals surface area contributed by atoms with E-state index >= 15 is 0 Å². The summed E-state index contributed by atoms with van der Waals surface area (Å²) in [4.78, 5) is 30.3. The minimum atomic E-state index is -0.551. The van der Waals surface area contributed by atoms with Crippen molar-refractivity contribution in [1.82, 2.24) is 15.4 Å². The van der Waals surface area contributed by atoms with Crippen LogP contribution in [0, 0.1) is 0 Å². The van der Waals surface area contributed by atoms with Crippen LogP contribution in [0.4, 0.5) is 0 Å². The van der Waals surface area contributed by atoms with E-state index < -0.39 is 6.04 Å². The van der Waals surface area contributed by atoms with Crippen molar-refractivity contribution in [2.24, 2.45) is 0 Å². The van der Waals surface area contributed by atoms with Crippen molar-refractivity contribution in [2.45, 2.75) is 6.04 Å². The Hall–Kier alpha value is -4.32. The summed E-state index contributed by atoms with van der Waals surface area (Å²) in [5.41, 5.74) is 7.35. The van der Waals surface area contributed by atoms with Gasteiger partial charge in [-0.05, 0) is 53.6 Å². The molecule has 0 spiro atoms. The van der Waals surface area contributed by atoms with Gasteiger partial charge >= 0.3 is 0 Å². The molecule has 7 heteroatoms. The standard InChI is InChI=1S/C31H21Cl2N3O2/c32-21-15-16-25-23(17-21)28(19-9-3-1-4-10-19)29(30(37)34-25)26-18-27(22-13-7-8-14-24(22)33)36(35-26)31(38)20-11-5-2-6-12-20/h1-18,27,35H,(H,34,37)/t27-/m1/s1. The Labute approximate surface area is 228 Å². The van der Waals surface area contributed by atoms with Crippen LogP contribution < -0.4 is 11.0 Å². The first-order valence-electron chi connectivity index (χ1n) is 12.0. The lowest BCUT2D eigenvalue weighted by Crippen LogP contribution is -2.40. The number of halogens is 2. The number of H-pyrrole nitrogens is 1. The molecular weight excluding hydrogens is 517 g/mol. The van der Waals surface area contributed by atoms with Gasteiger partial charge in [0.1, 0.15) is 6.04 Å². The second-order valence-electron chi connectivity index (χ2n) is 8.96. The fourth-order valence-corrected chi connectivity index (χ4v) is 5.30. The summed E-state index contributed by atoms with van der Waals surface area (Å²) >= 11 is 13.0. The maximum Gasteiger partial charge on any atom is 0.273 e. The molecule has 0 saturated carbocycles. The molecule has 38 heavy (non-hydrogen) atoms. The third-order valence-electron chi connectivity index (χ3n) is 6.62. The first-order chi connectivity index (χ1) is 18.5. The van der Waals surface area contributed by atoms with Gasteiger partial charge in [-0.25, -0.2) is 5.01 Å². The Balaban J connectivity index is 1.58. The number of carbonyl (C=O) groups excluding carboxylic acids is 1. The quantitative estimate of drug-likeness (QED) is 0.254. The second-order valence-corrected chi connectivity index (χ2v) is 9.80. The van der Waals surface area contributed by atoms with Crippen LogP contribution in [0.25, 0.3) is 27.7 Å². The number of rotatable bonds is 4. The number of aromatic nitrogens is 1. The molecular formula is C31H21Cl2N3O2. The van der Waals surface area contributed by atoms with Gasteiger partial charge in [0, 0.05) is 32.1 Å². The van der Waals surface area contributed by atoms with Gasteiger partial charge in [0.05, 0.1) is 11.3 Å². The van der Waals surface area contributed by atoms with Gasteiger partial charge in [0.2, 0.25) is 0 Å². The van der Waals surface area contributed by atoms with Crippen molar-refractivity contribution < 1.29 is 4.79 Å². The smallest absolute Gasteiger partial charge is 0.273 e. The summed E-state index contributed by atoms with van der Waals surface area (Å²) < 4.78 is 0. The maximum atomic E-state index is 13.7. The Kier molecular flexibility index (Phi) is 6.24. The van der Waals surface area contributed by atoms with E-state index in [9.17, 15) is 9.59 Å². The molecule has 2 heterocycles. The Morgan fingerprint density at radius 1 is 0.789 bits per heavy atom. The molecule has 6 rings (SSSR count). The summed E-state index contributed by atoms with van der Waals surface area (Å²) in [7, 11) is 0. The SMILES string of the molecule is O=C(c1ccccc1)N1NC(c2c(-c3ccccc3)c3cc(Cl)ccc3[nH]c2=O)=C[C@@H]1c1ccccc1Cl. The lowest BCUT2D eigenvalue weighted by molar-refractivity contribution is 0.0672. The number of hydrazine groups is 1. The summed E-state index contributed by atoms with van der Waals surface area (Å²) in [5, 5.41) is 3.38. The molecule has 0 aliphatic carbocycles. The molecule has 0 fully saturated rings. The molecule has 2 N–H and O–H groups in total. The van der Waals surface area contributed by atoms with Crippen LogP contribution in [0.1, 0.15) is 27.5 Å². The molecule has 5 nitrogen and oxygen atoms in total. The van der Waals surface area contributed by atoms with Crippen molar-refractivity contribution in [3.05, 3.63) is 146 Å². The average Bonchev–Trinajstić information content (AvgIpc) is 3.38. The van der Waals surface area contributed by atoms with Gasteiger partial charge in [-0.1, -0.05) is 89.9 Å². The van der Waals surface area contributed by atoms with Gasteiger partial charge < -0.3 is 4.98 Å². The largest absolute Gasteiger partial charge is 0.321 e. The molecule has 4 aromatic carbocycles. The monoisotopic (exact) mass is 537 g/mol. The second kappa shape index (κ2) is 9.86. The van der Waals surface area contributed by atoms with Crippen molar-refractivity contribution in [2.75, 3.05) is 0 Å². The van der Waals surface area contributed by atoms with Crippen LogP contribution in [-0.2, 0) is 0 Å². The van der Waals surface area contributed by atoms with Gasteiger partial charge in [-0.2, -0.15) is 0 Å². The molecule has 1 atom stereocenters. The number of benzene rings is 4. The van der Waals surface area contributed by atoms with Crippen LogP contribution in [0.3, 0.4) is 0 Å². The van der Waals surface area contributed by atoms with Gasteiger partial charge in [-0.15, -0.1) is 0 Å². The number of nitrogens with zero attached hydrogens (tertiary/aromatic N) is 1. The van der Waals surface area contributed by atoms with E-state index in [-0.39, 0.29) is 11.5 Å². The van der Waals surface area contributed by atoms with Crippen molar-refractivity contribution in [3.8, 4) is 11.1 Å². The van der Waals surface area contributed by atoms with E-state index in [1.807, 2.05) is 78.9 Å². The van der Waals surface area contributed by atoms with Crippen molar-refractivity contribution in [1.29, 1.82) is 0 Å². The fraction of sp³-hybridized carbons (Fsp3) is 0.0323. The highest BCUT2D eigenvalue weighted by Crippen LogP contribution is 2.39. The average molecular weight is 538 g/mol. The number of aromatic amines is 1. The maximum absolute atomic E-state index is 13.7. The molecule has 0 bridgehead atoms. The molecule has 0 saturated heterocycles. The third-order valence-corrected chi connectivity index (χ3v) is 7.19. The third kappa shape index (κ3) is 4.26. The molecule has 1 aliphatic rings. The molecule has 1 amide bonds. The first kappa shape index (κ1) is 24.0. The van der Waals surface area contributed by atoms with E-state index in [0.29, 0.717) is 32.4 Å². The van der Waals surface area contributed by atoms with Crippen LogP contribution in [0.5, 0.6) is 0 Å². The molecule has 186 valence electrons. The van der Waals surface area contributed by atoms with Crippen molar-refractivity contribution >= 4 is 45.7 Å². The number of amides is 1. The minimum absolute atomic E-state index is 0.247. The minimum Gasteiger partial charge on any atom is -0.321 e. The topological polar surface area (TPSA) is 65.2 Å². The van der Waals surface area contributed by atoms with Gasteiger partial charge in [0.15, 0.2) is 0 Å². The van der Waals surface area contributed by atoms with Crippen LogP contribution >= 0.6 is 23.2 Å². The lowest BCUT2D eigenvalue weighted by atomic mass is 9.94. The number of carbonyl (C=O) groups is 1. The van der Waals surface area contributed by atoms with E-state index in [4.69, 9.17) is 23.2 Å². The van der Waals surface area contributed by atoms with E-state index in [1.165, 1.54) is 5.01 Å². The summed E-state index contributed by atoms with van der Waals surface area (Å²) in [6.07, 6.45) is 1.87. The Morgan fingerprint density at radius 3 is 2.21 bits per heavy atom. The molecule has 0 radical (unpaired) electrons. The normalized spacial score (nSPS) is 14.8. The fourth-order valence-electron chi connectivity index (χ4n) is 4.88. The summed E-state index contributed by atoms with van der Waals surface area (Å²) in [6, 6.07) is 30.9. The predicted octanol–water partition coefficient (Wildman–Crippen LogP) is 7.24. The highest BCUT2D eigenvalue weighted by atomic mass is 35.5. The number of nitrogens with one attached hydrogen (secondary N) is 2. The highest BCUT2D eigenvalue weighted by molar-refractivity contribution is 6.32. The highest BCUT2D eigenvalue weighted by Gasteiger charge is 2.34. The molecule has 5 aromatic rings. The Bertz CT molecular complexity index is 1770. The number of fused-ring (bicyclic) bond motifs is 1.